The molecule has 3 heterocycles. The van der Waals surface area contributed by atoms with Gasteiger partial charge in [0.2, 0.25) is 5.91 Å². The third kappa shape index (κ3) is 3.42. The van der Waals surface area contributed by atoms with Gasteiger partial charge in [0, 0.05) is 24.2 Å². The molecular weight excluding hydrogens is 424 g/mol. The van der Waals surface area contributed by atoms with Crippen molar-refractivity contribution in [3.8, 4) is 0 Å². The third-order valence-corrected chi connectivity index (χ3v) is 7.32. The molecule has 1 saturated heterocycles. The van der Waals surface area contributed by atoms with Gasteiger partial charge in [0.25, 0.3) is 0 Å². The van der Waals surface area contributed by atoms with E-state index in [1.54, 1.807) is 6.20 Å². The van der Waals surface area contributed by atoms with Crippen molar-refractivity contribution in [1.29, 1.82) is 0 Å². The van der Waals surface area contributed by atoms with Gasteiger partial charge in [-0.15, -0.1) is 0 Å². The maximum absolute atomic E-state index is 14.2. The summed E-state index contributed by atoms with van der Waals surface area (Å²) in [7, 11) is 0. The number of benzene rings is 2. The van der Waals surface area contributed by atoms with E-state index >= 15 is 0 Å². The van der Waals surface area contributed by atoms with E-state index in [0.29, 0.717) is 37.2 Å². The zero-order chi connectivity index (χ0) is 22.6. The van der Waals surface area contributed by atoms with Crippen LogP contribution in [0.25, 0.3) is 10.8 Å². The second-order valence-corrected chi connectivity index (χ2v) is 9.28. The molecule has 1 spiro atoms. The monoisotopic (exact) mass is 449 g/mol. The van der Waals surface area contributed by atoms with Crippen LogP contribution in [0.3, 0.4) is 0 Å². The number of rotatable bonds is 4. The highest BCUT2D eigenvalue weighted by Crippen LogP contribution is 2.48. The van der Waals surface area contributed by atoms with Gasteiger partial charge in [-0.1, -0.05) is 24.3 Å². The molecule has 5 nitrogen and oxygen atoms in total. The zero-order valence-corrected chi connectivity index (χ0v) is 18.2. The standard InChI is InChI=1S/C26H25F2N3O2/c27-22-11-17-15-33-26(20(17)12-23(22)28)8-10-29-13-21(26)25(32)31(18-5-6-18)14-24-19-4-2-1-3-16(19)7-9-30-24/h1-4,7,9,11-12,18,21,29H,5-6,8,10,13-15H2/t21?,26-/m0/s1. The first kappa shape index (κ1) is 20.7. The van der Waals surface area contributed by atoms with E-state index < -0.39 is 23.2 Å². The number of hydrogen-bond donors (Lipinski definition) is 1. The van der Waals surface area contributed by atoms with Gasteiger partial charge in [0.1, 0.15) is 5.60 Å². The smallest absolute Gasteiger partial charge is 0.230 e. The second kappa shape index (κ2) is 7.85. The Morgan fingerprint density at radius 2 is 2.00 bits per heavy atom. The lowest BCUT2D eigenvalue weighted by atomic mass is 9.75. The van der Waals surface area contributed by atoms with Crippen molar-refractivity contribution >= 4 is 16.7 Å². The largest absolute Gasteiger partial charge is 0.365 e. The van der Waals surface area contributed by atoms with Crippen LogP contribution in [0.4, 0.5) is 8.78 Å². The van der Waals surface area contributed by atoms with E-state index in [4.69, 9.17) is 4.74 Å². The number of carbonyl (C=O) groups excluding carboxylic acids is 1. The lowest BCUT2D eigenvalue weighted by Crippen LogP contribution is -2.55. The number of hydrogen-bond acceptors (Lipinski definition) is 4. The molecule has 1 unspecified atom stereocenters. The van der Waals surface area contributed by atoms with Crippen LogP contribution in [-0.2, 0) is 28.3 Å². The maximum Gasteiger partial charge on any atom is 0.230 e. The van der Waals surface area contributed by atoms with Gasteiger partial charge in [0.15, 0.2) is 11.6 Å². The minimum absolute atomic E-state index is 0.0167. The Hall–Kier alpha value is -2.90. The number of piperidine rings is 1. The Bertz CT molecular complexity index is 1240. The van der Waals surface area contributed by atoms with Crippen molar-refractivity contribution in [2.75, 3.05) is 13.1 Å². The minimum Gasteiger partial charge on any atom is -0.365 e. The molecule has 1 aromatic heterocycles. The summed E-state index contributed by atoms with van der Waals surface area (Å²) >= 11 is 0. The number of amides is 1. The molecule has 1 amide bonds. The molecular formula is C26H25F2N3O2. The van der Waals surface area contributed by atoms with Crippen molar-refractivity contribution in [1.82, 2.24) is 15.2 Å². The fourth-order valence-electron chi connectivity index (χ4n) is 5.47. The van der Waals surface area contributed by atoms with Gasteiger partial charge < -0.3 is 15.0 Å². The molecule has 1 N–H and O–H groups in total. The normalized spacial score (nSPS) is 24.2. The summed E-state index contributed by atoms with van der Waals surface area (Å²) < 4.78 is 34.3. The summed E-state index contributed by atoms with van der Waals surface area (Å²) in [5, 5.41) is 5.45. The van der Waals surface area contributed by atoms with Gasteiger partial charge in [-0.2, -0.15) is 0 Å². The average molecular weight is 450 g/mol. The van der Waals surface area contributed by atoms with E-state index in [2.05, 4.69) is 10.3 Å². The molecule has 2 aromatic carbocycles. The lowest BCUT2D eigenvalue weighted by Gasteiger charge is -2.42. The molecule has 33 heavy (non-hydrogen) atoms. The molecule has 1 saturated carbocycles. The summed E-state index contributed by atoms with van der Waals surface area (Å²) in [6.07, 6.45) is 4.24. The Labute approximate surface area is 190 Å². The van der Waals surface area contributed by atoms with Crippen LogP contribution in [-0.4, -0.2) is 34.9 Å². The molecule has 2 atom stereocenters. The Kier molecular flexibility index (Phi) is 4.92. The number of halogens is 2. The van der Waals surface area contributed by atoms with Crippen molar-refractivity contribution in [2.24, 2.45) is 5.92 Å². The maximum atomic E-state index is 14.2. The summed E-state index contributed by atoms with van der Waals surface area (Å²) in [5.41, 5.74) is 1.17. The number of carbonyl (C=O) groups is 1. The highest BCUT2D eigenvalue weighted by Gasteiger charge is 2.53. The van der Waals surface area contributed by atoms with Crippen molar-refractivity contribution in [2.45, 2.75) is 44.1 Å². The Morgan fingerprint density at radius 1 is 1.18 bits per heavy atom. The molecule has 2 fully saturated rings. The number of nitrogens with one attached hydrogen (secondary N) is 1. The van der Waals surface area contributed by atoms with E-state index in [1.165, 1.54) is 12.1 Å². The predicted molar refractivity (Wildman–Crippen MR) is 119 cm³/mol. The first-order chi connectivity index (χ1) is 16.1. The molecule has 1 aliphatic carbocycles. The number of ether oxygens (including phenoxy) is 1. The van der Waals surface area contributed by atoms with Crippen LogP contribution < -0.4 is 5.32 Å². The van der Waals surface area contributed by atoms with Gasteiger partial charge >= 0.3 is 0 Å². The molecule has 6 rings (SSSR count). The van der Waals surface area contributed by atoms with Crippen LogP contribution in [0.15, 0.2) is 48.7 Å². The first-order valence-corrected chi connectivity index (χ1v) is 11.5. The van der Waals surface area contributed by atoms with Crippen LogP contribution in [0.5, 0.6) is 0 Å². The first-order valence-electron chi connectivity index (χ1n) is 11.5. The van der Waals surface area contributed by atoms with E-state index in [1.807, 2.05) is 35.2 Å². The Balaban J connectivity index is 1.37. The van der Waals surface area contributed by atoms with Crippen LogP contribution in [0.2, 0.25) is 0 Å². The van der Waals surface area contributed by atoms with E-state index in [0.717, 1.165) is 29.3 Å². The highest BCUT2D eigenvalue weighted by atomic mass is 19.2. The summed E-state index contributed by atoms with van der Waals surface area (Å²) in [4.78, 5) is 20.6. The zero-order valence-electron chi connectivity index (χ0n) is 18.2. The summed E-state index contributed by atoms with van der Waals surface area (Å²) in [6, 6.07) is 12.6. The average Bonchev–Trinajstić information content (AvgIpc) is 3.63. The molecule has 3 aromatic rings. The number of aromatic nitrogens is 1. The quantitative estimate of drug-likeness (QED) is 0.653. The topological polar surface area (TPSA) is 54.5 Å². The molecule has 7 heteroatoms. The molecule has 170 valence electrons. The molecule has 2 aliphatic heterocycles. The van der Waals surface area contributed by atoms with Gasteiger partial charge in [-0.3, -0.25) is 9.78 Å². The summed E-state index contributed by atoms with van der Waals surface area (Å²) in [6.45, 7) is 1.69. The number of pyridine rings is 1. The van der Waals surface area contributed by atoms with Crippen LogP contribution in [0.1, 0.15) is 36.1 Å². The molecule has 0 radical (unpaired) electrons. The van der Waals surface area contributed by atoms with Gasteiger partial charge in [-0.25, -0.2) is 8.78 Å². The number of nitrogens with zero attached hydrogens (tertiary/aromatic N) is 2. The fraction of sp³-hybridized carbons (Fsp3) is 0.385. The molecule has 3 aliphatic rings. The second-order valence-electron chi connectivity index (χ2n) is 9.28. The van der Waals surface area contributed by atoms with Crippen LogP contribution in [0, 0.1) is 17.6 Å². The van der Waals surface area contributed by atoms with Gasteiger partial charge in [-0.05, 0) is 60.5 Å². The van der Waals surface area contributed by atoms with E-state index in [-0.39, 0.29) is 18.6 Å². The highest BCUT2D eigenvalue weighted by molar-refractivity contribution is 5.86. The summed E-state index contributed by atoms with van der Waals surface area (Å²) in [5.74, 6) is -2.32. The third-order valence-electron chi connectivity index (χ3n) is 7.32. The predicted octanol–water partition coefficient (Wildman–Crippen LogP) is 4.04. The van der Waals surface area contributed by atoms with Crippen molar-refractivity contribution in [3.63, 3.8) is 0 Å². The van der Waals surface area contributed by atoms with Crippen LogP contribution >= 0.6 is 0 Å². The lowest BCUT2D eigenvalue weighted by molar-refractivity contribution is -0.157. The Morgan fingerprint density at radius 3 is 2.85 bits per heavy atom. The SMILES string of the molecule is O=C(C1CNCC[C@@]12OCc1cc(F)c(F)cc12)N(Cc1nccc2ccccc12)C1CC1. The van der Waals surface area contributed by atoms with Crippen molar-refractivity contribution in [3.05, 3.63) is 77.1 Å². The minimum atomic E-state index is -0.939. The van der Waals surface area contributed by atoms with Gasteiger partial charge in [0.05, 0.1) is 24.8 Å². The molecule has 0 bridgehead atoms. The fourth-order valence-corrected chi connectivity index (χ4v) is 5.47. The van der Waals surface area contributed by atoms with E-state index in [9.17, 15) is 13.6 Å². The van der Waals surface area contributed by atoms with Crippen molar-refractivity contribution < 1.29 is 18.3 Å². The number of fused-ring (bicyclic) bond motifs is 3.